The van der Waals surface area contributed by atoms with Gasteiger partial charge in [0.1, 0.15) is 12.6 Å². The van der Waals surface area contributed by atoms with Gasteiger partial charge in [-0.2, -0.15) is 0 Å². The molecule has 0 aliphatic heterocycles. The SMILES string of the molecule is O=C(C[C@@H](O)CNC(=O)OCc1ccccc1)N[C@H](Cc1c[nH]c2ccccc12)C(=O)O. The zero-order chi connectivity index (χ0) is 22.9. The van der Waals surface area contributed by atoms with Crippen molar-refractivity contribution in [3.05, 3.63) is 71.9 Å². The molecular formula is C23H25N3O6. The Bertz CT molecular complexity index is 1070. The van der Waals surface area contributed by atoms with Gasteiger partial charge >= 0.3 is 12.1 Å². The Morgan fingerprint density at radius 2 is 1.75 bits per heavy atom. The minimum absolute atomic E-state index is 0.0807. The van der Waals surface area contributed by atoms with Crippen LogP contribution in [0.5, 0.6) is 0 Å². The van der Waals surface area contributed by atoms with E-state index >= 15 is 0 Å². The fourth-order valence-electron chi connectivity index (χ4n) is 3.24. The van der Waals surface area contributed by atoms with Gasteiger partial charge in [-0.3, -0.25) is 4.79 Å². The van der Waals surface area contributed by atoms with Crippen LogP contribution in [-0.4, -0.2) is 51.9 Å². The molecule has 0 bridgehead atoms. The molecule has 0 unspecified atom stereocenters. The Morgan fingerprint density at radius 1 is 1.03 bits per heavy atom. The second-order valence-electron chi connectivity index (χ2n) is 7.32. The maximum atomic E-state index is 12.2. The summed E-state index contributed by atoms with van der Waals surface area (Å²) >= 11 is 0. The third kappa shape index (κ3) is 6.58. The number of carboxylic acid groups (broad SMARTS) is 1. The van der Waals surface area contributed by atoms with Gasteiger partial charge in [0.05, 0.1) is 12.5 Å². The Morgan fingerprint density at radius 3 is 2.50 bits per heavy atom. The second-order valence-corrected chi connectivity index (χ2v) is 7.32. The number of H-pyrrole nitrogens is 1. The Kier molecular flexibility index (Phi) is 7.82. The van der Waals surface area contributed by atoms with Crippen molar-refractivity contribution >= 4 is 28.9 Å². The van der Waals surface area contributed by atoms with Crippen LogP contribution in [0.3, 0.4) is 0 Å². The van der Waals surface area contributed by atoms with E-state index in [1.807, 2.05) is 54.6 Å². The van der Waals surface area contributed by atoms with Gasteiger partial charge in [0.2, 0.25) is 5.91 Å². The van der Waals surface area contributed by atoms with Crippen LogP contribution < -0.4 is 10.6 Å². The summed E-state index contributed by atoms with van der Waals surface area (Å²) in [7, 11) is 0. The summed E-state index contributed by atoms with van der Waals surface area (Å²) in [5, 5.41) is 25.2. The van der Waals surface area contributed by atoms with Crippen molar-refractivity contribution < 1.29 is 29.3 Å². The fourth-order valence-corrected chi connectivity index (χ4v) is 3.24. The molecule has 0 radical (unpaired) electrons. The van der Waals surface area contributed by atoms with E-state index in [1.165, 1.54) is 0 Å². The van der Waals surface area contributed by atoms with Gasteiger partial charge in [-0.1, -0.05) is 48.5 Å². The highest BCUT2D eigenvalue weighted by Crippen LogP contribution is 2.19. The number of carbonyl (C=O) groups is 3. The molecule has 0 saturated carbocycles. The van der Waals surface area contributed by atoms with Crippen molar-refractivity contribution in [3.8, 4) is 0 Å². The number of aromatic amines is 1. The third-order valence-electron chi connectivity index (χ3n) is 4.85. The summed E-state index contributed by atoms with van der Waals surface area (Å²) in [5.74, 6) is -1.81. The first kappa shape index (κ1) is 22.8. The number of para-hydroxylation sites is 1. The molecule has 1 aromatic heterocycles. The number of rotatable bonds is 10. The Balaban J connectivity index is 1.44. The minimum atomic E-state index is -1.19. The van der Waals surface area contributed by atoms with Crippen LogP contribution in [0.25, 0.3) is 10.9 Å². The number of aliphatic carboxylic acids is 1. The van der Waals surface area contributed by atoms with Crippen molar-refractivity contribution in [2.24, 2.45) is 0 Å². The molecule has 0 aliphatic carbocycles. The van der Waals surface area contributed by atoms with Crippen molar-refractivity contribution in [1.82, 2.24) is 15.6 Å². The van der Waals surface area contributed by atoms with Gasteiger partial charge in [0, 0.05) is 30.1 Å². The van der Waals surface area contributed by atoms with Crippen LogP contribution in [0.2, 0.25) is 0 Å². The summed E-state index contributed by atoms with van der Waals surface area (Å²) < 4.78 is 5.03. The largest absolute Gasteiger partial charge is 0.480 e. The number of carbonyl (C=O) groups excluding carboxylic acids is 2. The zero-order valence-electron chi connectivity index (χ0n) is 17.3. The number of ether oxygens (including phenoxy) is 1. The molecule has 0 fully saturated rings. The molecule has 2 amide bonds. The maximum absolute atomic E-state index is 12.2. The summed E-state index contributed by atoms with van der Waals surface area (Å²) in [6.07, 6.45) is -0.480. The number of fused-ring (bicyclic) bond motifs is 1. The summed E-state index contributed by atoms with van der Waals surface area (Å²) in [6.45, 7) is -0.126. The van der Waals surface area contributed by atoms with Crippen molar-refractivity contribution in [2.45, 2.75) is 31.6 Å². The Labute approximate surface area is 184 Å². The normalized spacial score (nSPS) is 12.7. The molecule has 1 heterocycles. The highest BCUT2D eigenvalue weighted by Gasteiger charge is 2.23. The van der Waals surface area contributed by atoms with Crippen LogP contribution in [0.1, 0.15) is 17.5 Å². The first-order valence-corrected chi connectivity index (χ1v) is 10.1. The summed E-state index contributed by atoms with van der Waals surface area (Å²) in [4.78, 5) is 38.7. The summed E-state index contributed by atoms with van der Waals surface area (Å²) in [5.41, 5.74) is 2.45. The summed E-state index contributed by atoms with van der Waals surface area (Å²) in [6, 6.07) is 15.4. The lowest BCUT2D eigenvalue weighted by Crippen LogP contribution is -2.44. The van der Waals surface area contributed by atoms with E-state index in [4.69, 9.17) is 4.74 Å². The average molecular weight is 439 g/mol. The Hall–Kier alpha value is -3.85. The second kappa shape index (κ2) is 11.0. The first-order valence-electron chi connectivity index (χ1n) is 10.1. The van der Waals surface area contributed by atoms with Crippen LogP contribution in [0.4, 0.5) is 4.79 Å². The van der Waals surface area contributed by atoms with Gasteiger partial charge in [-0.05, 0) is 17.2 Å². The average Bonchev–Trinajstić information content (AvgIpc) is 3.19. The molecule has 3 rings (SSSR count). The van der Waals surface area contributed by atoms with E-state index in [0.717, 1.165) is 22.0 Å². The van der Waals surface area contributed by atoms with Crippen molar-refractivity contribution in [1.29, 1.82) is 0 Å². The van der Waals surface area contributed by atoms with E-state index in [-0.39, 0.29) is 26.0 Å². The number of hydrogen-bond donors (Lipinski definition) is 5. The molecule has 5 N–H and O–H groups in total. The predicted octanol–water partition coefficient (Wildman–Crippen LogP) is 1.96. The smallest absolute Gasteiger partial charge is 0.407 e. The third-order valence-corrected chi connectivity index (χ3v) is 4.85. The standard InChI is InChI=1S/C23H25N3O6/c27-17(13-25-23(31)32-14-15-6-2-1-3-7-15)11-21(28)26-20(22(29)30)10-16-12-24-19-9-5-4-8-18(16)19/h1-9,12,17,20,24,27H,10-11,13-14H2,(H,25,31)(H,26,28)(H,29,30)/t17-,20-/m1/s1. The predicted molar refractivity (Wildman–Crippen MR) is 117 cm³/mol. The maximum Gasteiger partial charge on any atom is 0.407 e. The molecule has 9 heteroatoms. The fraction of sp³-hybridized carbons (Fsp3) is 0.261. The van der Waals surface area contributed by atoms with Crippen LogP contribution >= 0.6 is 0 Å². The van der Waals surface area contributed by atoms with Crippen LogP contribution in [-0.2, 0) is 27.4 Å². The number of amides is 2. The lowest BCUT2D eigenvalue weighted by molar-refractivity contribution is -0.142. The van der Waals surface area contributed by atoms with Gasteiger partial charge in [-0.25, -0.2) is 9.59 Å². The number of carboxylic acids is 1. The van der Waals surface area contributed by atoms with E-state index < -0.39 is 30.1 Å². The van der Waals surface area contributed by atoms with E-state index in [9.17, 15) is 24.6 Å². The topological polar surface area (TPSA) is 141 Å². The molecule has 0 spiro atoms. The van der Waals surface area contributed by atoms with Gasteiger partial charge in [-0.15, -0.1) is 0 Å². The van der Waals surface area contributed by atoms with Crippen LogP contribution in [0, 0.1) is 0 Å². The number of aliphatic hydroxyl groups excluding tert-OH is 1. The van der Waals surface area contributed by atoms with E-state index in [0.29, 0.717) is 0 Å². The molecule has 0 aliphatic rings. The lowest BCUT2D eigenvalue weighted by atomic mass is 10.0. The zero-order valence-corrected chi connectivity index (χ0v) is 17.3. The lowest BCUT2D eigenvalue weighted by Gasteiger charge is -2.16. The molecule has 32 heavy (non-hydrogen) atoms. The van der Waals surface area contributed by atoms with E-state index in [1.54, 1.807) is 6.20 Å². The molecular weight excluding hydrogens is 414 g/mol. The highest BCUT2D eigenvalue weighted by atomic mass is 16.5. The van der Waals surface area contributed by atoms with E-state index in [2.05, 4.69) is 15.6 Å². The first-order chi connectivity index (χ1) is 15.4. The van der Waals surface area contributed by atoms with Gasteiger partial charge in [0.15, 0.2) is 0 Å². The monoisotopic (exact) mass is 439 g/mol. The molecule has 168 valence electrons. The molecule has 2 aromatic carbocycles. The number of aromatic nitrogens is 1. The number of hydrogen-bond acceptors (Lipinski definition) is 5. The number of alkyl carbamates (subject to hydrolysis) is 1. The van der Waals surface area contributed by atoms with Crippen molar-refractivity contribution in [2.75, 3.05) is 6.54 Å². The van der Waals surface area contributed by atoms with Crippen LogP contribution in [0.15, 0.2) is 60.8 Å². The van der Waals surface area contributed by atoms with Gasteiger partial charge in [0.25, 0.3) is 0 Å². The molecule has 3 aromatic rings. The highest BCUT2D eigenvalue weighted by molar-refractivity contribution is 5.86. The number of nitrogens with one attached hydrogen (secondary N) is 3. The molecule has 0 saturated heterocycles. The molecule has 9 nitrogen and oxygen atoms in total. The quantitative estimate of drug-likeness (QED) is 0.327. The number of aliphatic hydroxyl groups is 1. The van der Waals surface area contributed by atoms with Gasteiger partial charge < -0.3 is 30.6 Å². The van der Waals surface area contributed by atoms with Crippen molar-refractivity contribution in [3.63, 3.8) is 0 Å². The minimum Gasteiger partial charge on any atom is -0.480 e. The number of benzene rings is 2. The molecule has 2 atom stereocenters.